The van der Waals surface area contributed by atoms with Crippen LogP contribution >= 0.6 is 22.7 Å². The number of hydrogen-bond acceptors (Lipinski definition) is 4. The van der Waals surface area contributed by atoms with Gasteiger partial charge in [-0.15, -0.1) is 22.7 Å². The van der Waals surface area contributed by atoms with Crippen LogP contribution < -0.4 is 4.90 Å². The van der Waals surface area contributed by atoms with E-state index in [0.717, 1.165) is 16.0 Å². The van der Waals surface area contributed by atoms with Crippen LogP contribution in [0, 0.1) is 0 Å². The van der Waals surface area contributed by atoms with Crippen molar-refractivity contribution in [2.45, 2.75) is 19.3 Å². The number of nitrogens with zero attached hydrogens (tertiary/aromatic N) is 1. The first-order valence-electron chi connectivity index (χ1n) is 6.93. The van der Waals surface area contributed by atoms with Crippen LogP contribution in [0.3, 0.4) is 0 Å². The normalized spacial score (nSPS) is 15.9. The lowest BCUT2D eigenvalue weighted by atomic mass is 10.1. The third-order valence-electron chi connectivity index (χ3n) is 3.46. The van der Waals surface area contributed by atoms with E-state index in [2.05, 4.69) is 29.2 Å². The second-order valence-electron chi connectivity index (χ2n) is 4.92. The zero-order chi connectivity index (χ0) is 13.8. The first-order valence-corrected chi connectivity index (χ1v) is 8.56. The largest absolute Gasteiger partial charge is 0.363 e. The quantitative estimate of drug-likeness (QED) is 0.757. The molecular weight excluding hydrogens is 286 g/mol. The summed E-state index contributed by atoms with van der Waals surface area (Å²) >= 11 is 3.37. The topological polar surface area (TPSA) is 20.3 Å². The van der Waals surface area contributed by atoms with Crippen LogP contribution in [0.4, 0.5) is 5.00 Å². The van der Waals surface area contributed by atoms with Crippen molar-refractivity contribution >= 4 is 46.1 Å². The molecule has 0 atom stereocenters. The van der Waals surface area contributed by atoms with Crippen molar-refractivity contribution in [3.05, 3.63) is 38.9 Å². The molecule has 0 amide bonds. The fraction of sp³-hybridized carbons (Fsp3) is 0.312. The summed E-state index contributed by atoms with van der Waals surface area (Å²) in [4.78, 5) is 16.3. The number of carbonyl (C=O) groups is 1. The summed E-state index contributed by atoms with van der Waals surface area (Å²) in [6, 6.07) is 8.26. The van der Waals surface area contributed by atoms with E-state index in [1.165, 1.54) is 53.6 Å². The number of thiophene rings is 2. The van der Waals surface area contributed by atoms with Crippen LogP contribution in [-0.2, 0) is 0 Å². The van der Waals surface area contributed by atoms with Gasteiger partial charge in [0.1, 0.15) is 0 Å². The Morgan fingerprint density at radius 2 is 1.50 bits per heavy atom. The van der Waals surface area contributed by atoms with Crippen LogP contribution in [0.15, 0.2) is 24.3 Å². The molecular formula is C16H17NOS2. The van der Waals surface area contributed by atoms with E-state index in [0.29, 0.717) is 0 Å². The summed E-state index contributed by atoms with van der Waals surface area (Å²) in [6.07, 6.45) is 9.12. The molecule has 1 saturated heterocycles. The molecule has 0 aliphatic carbocycles. The van der Waals surface area contributed by atoms with Gasteiger partial charge in [0.15, 0.2) is 6.29 Å². The number of carbonyl (C=O) groups excluding carboxylic acids is 1. The molecule has 2 nitrogen and oxygen atoms in total. The van der Waals surface area contributed by atoms with Gasteiger partial charge in [-0.05, 0) is 55.7 Å². The maximum Gasteiger partial charge on any atom is 0.160 e. The summed E-state index contributed by atoms with van der Waals surface area (Å²) in [7, 11) is 0. The van der Waals surface area contributed by atoms with Crippen molar-refractivity contribution in [2.24, 2.45) is 0 Å². The van der Waals surface area contributed by atoms with Crippen LogP contribution in [0.25, 0.3) is 12.2 Å². The Hall–Kier alpha value is -1.39. The second kappa shape index (κ2) is 6.37. The van der Waals surface area contributed by atoms with Gasteiger partial charge < -0.3 is 4.90 Å². The molecule has 0 N–H and O–H groups in total. The van der Waals surface area contributed by atoms with Gasteiger partial charge in [-0.1, -0.05) is 0 Å². The molecule has 0 unspecified atom stereocenters. The fourth-order valence-electron chi connectivity index (χ4n) is 2.40. The SMILES string of the molecule is O=Cc1ccc(C=Cc2ccc(N3CCCCC3)s2)s1. The van der Waals surface area contributed by atoms with Gasteiger partial charge in [0.2, 0.25) is 0 Å². The molecule has 3 rings (SSSR count). The molecule has 1 fully saturated rings. The summed E-state index contributed by atoms with van der Waals surface area (Å²) < 4.78 is 0. The first kappa shape index (κ1) is 13.6. The standard InChI is InChI=1S/C16H17NOS2/c18-12-15-7-6-13(19-15)4-5-14-8-9-16(20-14)17-10-2-1-3-11-17/h4-9,12H,1-3,10-11H2. The molecule has 0 saturated carbocycles. The third-order valence-corrected chi connectivity index (χ3v) is 5.54. The van der Waals surface area contributed by atoms with E-state index in [1.807, 2.05) is 23.5 Å². The number of hydrogen-bond donors (Lipinski definition) is 0. The van der Waals surface area contributed by atoms with E-state index in [9.17, 15) is 4.79 Å². The summed E-state index contributed by atoms with van der Waals surface area (Å²) in [5.74, 6) is 0. The third kappa shape index (κ3) is 3.19. The van der Waals surface area contributed by atoms with Crippen LogP contribution in [0.5, 0.6) is 0 Å². The zero-order valence-corrected chi connectivity index (χ0v) is 12.9. The number of anilines is 1. The highest BCUT2D eigenvalue weighted by Gasteiger charge is 2.12. The number of piperidine rings is 1. The maximum absolute atomic E-state index is 10.7. The van der Waals surface area contributed by atoms with Crippen molar-refractivity contribution in [2.75, 3.05) is 18.0 Å². The molecule has 1 aliphatic rings. The Morgan fingerprint density at radius 1 is 0.850 bits per heavy atom. The lowest BCUT2D eigenvalue weighted by molar-refractivity contribution is 0.112. The van der Waals surface area contributed by atoms with Crippen LogP contribution in [0.2, 0.25) is 0 Å². The van der Waals surface area contributed by atoms with Crippen molar-refractivity contribution in [1.82, 2.24) is 0 Å². The van der Waals surface area contributed by atoms with E-state index < -0.39 is 0 Å². The molecule has 3 heterocycles. The van der Waals surface area contributed by atoms with E-state index >= 15 is 0 Å². The lowest BCUT2D eigenvalue weighted by Gasteiger charge is -2.27. The predicted octanol–water partition coefficient (Wildman–Crippen LogP) is 4.78. The molecule has 2 aromatic heterocycles. The van der Waals surface area contributed by atoms with Gasteiger partial charge in [0.25, 0.3) is 0 Å². The molecule has 1 aliphatic heterocycles. The predicted molar refractivity (Wildman–Crippen MR) is 89.0 cm³/mol. The van der Waals surface area contributed by atoms with Gasteiger partial charge in [0, 0.05) is 22.8 Å². The van der Waals surface area contributed by atoms with E-state index in [4.69, 9.17) is 0 Å². The average molecular weight is 303 g/mol. The summed E-state index contributed by atoms with van der Waals surface area (Å²) in [5.41, 5.74) is 0. The zero-order valence-electron chi connectivity index (χ0n) is 11.2. The van der Waals surface area contributed by atoms with Crippen molar-refractivity contribution in [3.8, 4) is 0 Å². The molecule has 4 heteroatoms. The molecule has 104 valence electrons. The maximum atomic E-state index is 10.7. The Kier molecular flexibility index (Phi) is 4.33. The van der Waals surface area contributed by atoms with Crippen molar-refractivity contribution < 1.29 is 4.79 Å². The summed E-state index contributed by atoms with van der Waals surface area (Å²) in [6.45, 7) is 2.38. The van der Waals surface area contributed by atoms with Gasteiger partial charge in [-0.3, -0.25) is 4.79 Å². The molecule has 0 bridgehead atoms. The molecule has 2 aromatic rings. The minimum Gasteiger partial charge on any atom is -0.363 e. The second-order valence-corrected chi connectivity index (χ2v) is 7.16. The van der Waals surface area contributed by atoms with Gasteiger partial charge in [-0.25, -0.2) is 0 Å². The molecule has 20 heavy (non-hydrogen) atoms. The van der Waals surface area contributed by atoms with Crippen molar-refractivity contribution in [3.63, 3.8) is 0 Å². The van der Waals surface area contributed by atoms with E-state index in [-0.39, 0.29) is 0 Å². The average Bonchev–Trinajstić information content (AvgIpc) is 3.15. The van der Waals surface area contributed by atoms with Crippen LogP contribution in [0.1, 0.15) is 38.7 Å². The molecule has 0 aromatic carbocycles. The fourth-order valence-corrected chi connectivity index (χ4v) is 4.09. The minimum atomic E-state index is 0.782. The van der Waals surface area contributed by atoms with Crippen LogP contribution in [-0.4, -0.2) is 19.4 Å². The Balaban J connectivity index is 1.68. The smallest absolute Gasteiger partial charge is 0.160 e. The highest BCUT2D eigenvalue weighted by atomic mass is 32.1. The van der Waals surface area contributed by atoms with E-state index in [1.54, 1.807) is 0 Å². The molecule has 0 radical (unpaired) electrons. The summed E-state index contributed by atoms with van der Waals surface area (Å²) in [5, 5.41) is 1.38. The Bertz CT molecular complexity index is 606. The highest BCUT2D eigenvalue weighted by Crippen LogP contribution is 2.30. The highest BCUT2D eigenvalue weighted by molar-refractivity contribution is 7.17. The Labute approximate surface area is 127 Å². The van der Waals surface area contributed by atoms with Crippen molar-refractivity contribution in [1.29, 1.82) is 0 Å². The number of aldehydes is 1. The Morgan fingerprint density at radius 3 is 2.20 bits per heavy atom. The number of rotatable bonds is 4. The monoisotopic (exact) mass is 303 g/mol. The molecule has 0 spiro atoms. The minimum absolute atomic E-state index is 0.782. The first-order chi connectivity index (χ1) is 9.85. The van der Waals surface area contributed by atoms with Gasteiger partial charge in [-0.2, -0.15) is 0 Å². The lowest BCUT2D eigenvalue weighted by Crippen LogP contribution is -2.28. The van der Waals surface area contributed by atoms with Gasteiger partial charge >= 0.3 is 0 Å². The van der Waals surface area contributed by atoms with Gasteiger partial charge in [0.05, 0.1) is 9.88 Å².